The molecule has 0 unspecified atom stereocenters. The number of likely N-dealkylation sites (N-methyl/N-ethyl adjacent to an activating group) is 1. The second kappa shape index (κ2) is 5.36. The first-order chi connectivity index (χ1) is 5.17. The third-order valence-electron chi connectivity index (χ3n) is 2.40. The molecule has 0 radical (unpaired) electrons. The molecule has 0 aromatic rings. The van der Waals surface area contributed by atoms with E-state index in [0.29, 0.717) is 6.04 Å². The van der Waals surface area contributed by atoms with Crippen LogP contribution < -0.4 is 0 Å². The van der Waals surface area contributed by atoms with Crippen molar-refractivity contribution in [3.8, 4) is 0 Å². The summed E-state index contributed by atoms with van der Waals surface area (Å²) in [7, 11) is 2.18. The third kappa shape index (κ3) is 3.06. The Morgan fingerprint density at radius 2 is 2.00 bits per heavy atom. The predicted octanol–water partition coefficient (Wildman–Crippen LogP) is 2.68. The molecular weight excluding hydrogens is 134 g/mol. The highest BCUT2D eigenvalue weighted by molar-refractivity contribution is 5.05. The van der Waals surface area contributed by atoms with Crippen LogP contribution in [0.4, 0.5) is 0 Å². The molecule has 0 fully saturated rings. The lowest BCUT2D eigenvalue weighted by Gasteiger charge is -2.26. The Hall–Kier alpha value is -0.300. The Kier molecular flexibility index (Phi) is 5.22. The molecule has 0 aromatic heterocycles. The lowest BCUT2D eigenvalue weighted by atomic mass is 10.1. The van der Waals surface area contributed by atoms with Crippen molar-refractivity contribution in [1.29, 1.82) is 0 Å². The van der Waals surface area contributed by atoms with Crippen molar-refractivity contribution in [2.24, 2.45) is 0 Å². The van der Waals surface area contributed by atoms with Crippen molar-refractivity contribution in [2.45, 2.75) is 40.2 Å². The van der Waals surface area contributed by atoms with Crippen molar-refractivity contribution in [3.05, 3.63) is 11.6 Å². The van der Waals surface area contributed by atoms with Gasteiger partial charge in [-0.25, -0.2) is 0 Å². The average molecular weight is 155 g/mol. The summed E-state index contributed by atoms with van der Waals surface area (Å²) in [6.07, 6.45) is 3.42. The third-order valence-corrected chi connectivity index (χ3v) is 2.40. The Labute approximate surface area is 71.1 Å². The molecular formula is C10H21N. The van der Waals surface area contributed by atoms with Crippen LogP contribution in [0.2, 0.25) is 0 Å². The minimum atomic E-state index is 0.644. The van der Waals surface area contributed by atoms with Gasteiger partial charge in [0, 0.05) is 6.04 Å². The summed E-state index contributed by atoms with van der Waals surface area (Å²) in [6.45, 7) is 9.89. The molecule has 0 aromatic carbocycles. The van der Waals surface area contributed by atoms with Gasteiger partial charge in [0.25, 0.3) is 0 Å². The monoisotopic (exact) mass is 155 g/mol. The fourth-order valence-electron chi connectivity index (χ4n) is 1.39. The fourth-order valence-corrected chi connectivity index (χ4v) is 1.39. The molecule has 0 spiro atoms. The molecule has 1 heteroatoms. The number of nitrogens with zero attached hydrogens (tertiary/aromatic N) is 1. The first-order valence-electron chi connectivity index (χ1n) is 4.50. The zero-order chi connectivity index (χ0) is 8.85. The average Bonchev–Trinajstić information content (AvgIpc) is 2.05. The summed E-state index contributed by atoms with van der Waals surface area (Å²) in [6, 6.07) is 0.644. The standard InChI is InChI=1S/C10H21N/c1-6-9(4)10(7-2)11(5)8-3/h6,10H,7-8H2,1-5H3/b9-6+/t10-/m1/s1. The van der Waals surface area contributed by atoms with E-state index in [4.69, 9.17) is 0 Å². The summed E-state index contributed by atoms with van der Waals surface area (Å²) in [5.74, 6) is 0. The van der Waals surface area contributed by atoms with Gasteiger partial charge in [0.05, 0.1) is 0 Å². The van der Waals surface area contributed by atoms with E-state index in [-0.39, 0.29) is 0 Å². The minimum Gasteiger partial charge on any atom is -0.300 e. The van der Waals surface area contributed by atoms with Gasteiger partial charge < -0.3 is 0 Å². The van der Waals surface area contributed by atoms with Crippen molar-refractivity contribution >= 4 is 0 Å². The molecule has 0 saturated carbocycles. The quantitative estimate of drug-likeness (QED) is 0.564. The van der Waals surface area contributed by atoms with E-state index in [0.717, 1.165) is 6.54 Å². The molecule has 0 rings (SSSR count). The lowest BCUT2D eigenvalue weighted by molar-refractivity contribution is 0.279. The van der Waals surface area contributed by atoms with Crippen molar-refractivity contribution in [1.82, 2.24) is 4.90 Å². The van der Waals surface area contributed by atoms with Crippen LogP contribution in [-0.2, 0) is 0 Å². The maximum absolute atomic E-state index is 2.38. The normalized spacial score (nSPS) is 15.6. The van der Waals surface area contributed by atoms with Gasteiger partial charge in [-0.3, -0.25) is 4.90 Å². The molecule has 66 valence electrons. The van der Waals surface area contributed by atoms with Crippen LogP contribution in [0, 0.1) is 0 Å². The van der Waals surface area contributed by atoms with Gasteiger partial charge in [-0.1, -0.05) is 25.5 Å². The highest BCUT2D eigenvalue weighted by atomic mass is 15.1. The number of hydrogen-bond acceptors (Lipinski definition) is 1. The van der Waals surface area contributed by atoms with Gasteiger partial charge in [-0.05, 0) is 33.9 Å². The summed E-state index contributed by atoms with van der Waals surface area (Å²) in [5, 5.41) is 0. The molecule has 11 heavy (non-hydrogen) atoms. The molecule has 0 aliphatic heterocycles. The summed E-state index contributed by atoms with van der Waals surface area (Å²) >= 11 is 0. The summed E-state index contributed by atoms with van der Waals surface area (Å²) in [5.41, 5.74) is 1.48. The van der Waals surface area contributed by atoms with Crippen LogP contribution in [0.25, 0.3) is 0 Å². The predicted molar refractivity (Wildman–Crippen MR) is 51.8 cm³/mol. The van der Waals surface area contributed by atoms with Crippen LogP contribution >= 0.6 is 0 Å². The molecule has 1 atom stereocenters. The number of allylic oxidation sites excluding steroid dienone is 1. The minimum absolute atomic E-state index is 0.644. The van der Waals surface area contributed by atoms with Crippen LogP contribution in [0.3, 0.4) is 0 Å². The van der Waals surface area contributed by atoms with E-state index in [2.05, 4.69) is 45.7 Å². The Bertz CT molecular complexity index is 127. The van der Waals surface area contributed by atoms with Crippen LogP contribution in [0.5, 0.6) is 0 Å². The number of rotatable bonds is 4. The van der Waals surface area contributed by atoms with E-state index >= 15 is 0 Å². The van der Waals surface area contributed by atoms with Crippen molar-refractivity contribution in [2.75, 3.05) is 13.6 Å². The highest BCUT2D eigenvalue weighted by Crippen LogP contribution is 2.11. The largest absolute Gasteiger partial charge is 0.300 e. The maximum Gasteiger partial charge on any atom is 0.0298 e. The molecule has 1 nitrogen and oxygen atoms in total. The van der Waals surface area contributed by atoms with E-state index in [1.807, 2.05) is 0 Å². The highest BCUT2D eigenvalue weighted by Gasteiger charge is 2.10. The maximum atomic E-state index is 2.38. The van der Waals surface area contributed by atoms with Crippen LogP contribution in [0.15, 0.2) is 11.6 Å². The summed E-state index contributed by atoms with van der Waals surface area (Å²) < 4.78 is 0. The second-order valence-corrected chi connectivity index (χ2v) is 3.03. The first kappa shape index (κ1) is 10.7. The molecule has 0 amide bonds. The number of hydrogen-bond donors (Lipinski definition) is 0. The SMILES string of the molecule is C/C=C(\C)[C@@H](CC)N(C)CC. The topological polar surface area (TPSA) is 3.24 Å². The van der Waals surface area contributed by atoms with Crippen molar-refractivity contribution in [3.63, 3.8) is 0 Å². The smallest absolute Gasteiger partial charge is 0.0298 e. The van der Waals surface area contributed by atoms with E-state index < -0.39 is 0 Å². The Balaban J connectivity index is 4.15. The van der Waals surface area contributed by atoms with Crippen LogP contribution in [-0.4, -0.2) is 24.5 Å². The molecule has 0 heterocycles. The second-order valence-electron chi connectivity index (χ2n) is 3.03. The van der Waals surface area contributed by atoms with Gasteiger partial charge in [0.15, 0.2) is 0 Å². The summed E-state index contributed by atoms with van der Waals surface area (Å²) in [4.78, 5) is 2.38. The van der Waals surface area contributed by atoms with Crippen LogP contribution in [0.1, 0.15) is 34.1 Å². The van der Waals surface area contributed by atoms with Gasteiger partial charge in [0.1, 0.15) is 0 Å². The zero-order valence-corrected chi connectivity index (χ0v) is 8.52. The van der Waals surface area contributed by atoms with Gasteiger partial charge >= 0.3 is 0 Å². The van der Waals surface area contributed by atoms with Gasteiger partial charge in [-0.15, -0.1) is 0 Å². The molecule has 0 aliphatic rings. The van der Waals surface area contributed by atoms with E-state index in [9.17, 15) is 0 Å². The first-order valence-corrected chi connectivity index (χ1v) is 4.50. The fraction of sp³-hybridized carbons (Fsp3) is 0.800. The molecule has 0 bridgehead atoms. The molecule has 0 N–H and O–H groups in total. The zero-order valence-electron chi connectivity index (χ0n) is 8.52. The van der Waals surface area contributed by atoms with E-state index in [1.165, 1.54) is 12.0 Å². The van der Waals surface area contributed by atoms with Gasteiger partial charge in [-0.2, -0.15) is 0 Å². The molecule has 0 aliphatic carbocycles. The molecule has 0 saturated heterocycles. The lowest BCUT2D eigenvalue weighted by Crippen LogP contribution is -2.31. The van der Waals surface area contributed by atoms with Crippen molar-refractivity contribution < 1.29 is 0 Å². The Morgan fingerprint density at radius 3 is 2.27 bits per heavy atom. The Morgan fingerprint density at radius 1 is 1.45 bits per heavy atom. The van der Waals surface area contributed by atoms with E-state index in [1.54, 1.807) is 0 Å². The van der Waals surface area contributed by atoms with Gasteiger partial charge in [0.2, 0.25) is 0 Å².